The third-order valence-corrected chi connectivity index (χ3v) is 9.07. The van der Waals surface area contributed by atoms with Crippen LogP contribution < -0.4 is 0 Å². The van der Waals surface area contributed by atoms with Gasteiger partial charge in [0.15, 0.2) is 0 Å². The molecule has 45 heavy (non-hydrogen) atoms. The topological polar surface area (TPSA) is 53.5 Å². The highest BCUT2D eigenvalue weighted by Gasteiger charge is 2.22. The first-order valence-corrected chi connectivity index (χ1v) is 15.0. The normalized spacial score (nSPS) is 12.0. The molecular weight excluding hydrogens is 552 g/mol. The van der Waals surface area contributed by atoms with E-state index in [0.717, 1.165) is 44.2 Å². The van der Waals surface area contributed by atoms with Gasteiger partial charge < -0.3 is 9.13 Å². The third kappa shape index (κ3) is 3.30. The van der Waals surface area contributed by atoms with Gasteiger partial charge in [-0.3, -0.25) is 4.57 Å². The molecule has 0 N–H and O–H groups in total. The van der Waals surface area contributed by atoms with Crippen molar-refractivity contribution in [1.29, 1.82) is 0 Å². The molecule has 10 aromatic rings. The number of hydrogen-bond donors (Lipinski definition) is 0. The Labute approximate surface area is 257 Å². The number of benzene rings is 6. The lowest BCUT2D eigenvalue weighted by atomic mass is 10.1. The van der Waals surface area contributed by atoms with Crippen molar-refractivity contribution < 1.29 is 0 Å². The predicted molar refractivity (Wildman–Crippen MR) is 183 cm³/mol. The maximum absolute atomic E-state index is 4.54. The summed E-state index contributed by atoms with van der Waals surface area (Å²) in [5.41, 5.74) is 9.09. The minimum absolute atomic E-state index is 0.608. The van der Waals surface area contributed by atoms with Gasteiger partial charge in [-0.1, -0.05) is 84.9 Å². The Hall–Kier alpha value is -6.27. The highest BCUT2D eigenvalue weighted by Crippen LogP contribution is 2.42. The molecule has 0 amide bonds. The van der Waals surface area contributed by atoms with Crippen LogP contribution in [0.5, 0.6) is 0 Å². The Kier molecular flexibility index (Phi) is 4.90. The van der Waals surface area contributed by atoms with Gasteiger partial charge in [-0.05, 0) is 48.5 Å². The quantitative estimate of drug-likeness (QED) is 0.211. The van der Waals surface area contributed by atoms with Gasteiger partial charge in [-0.2, -0.15) is 0 Å². The van der Waals surface area contributed by atoms with Gasteiger partial charge in [-0.25, -0.2) is 15.0 Å². The summed E-state index contributed by atoms with van der Waals surface area (Å²) in [4.78, 5) is 13.2. The Balaban J connectivity index is 1.39. The van der Waals surface area contributed by atoms with Gasteiger partial charge in [0.2, 0.25) is 5.95 Å². The highest BCUT2D eigenvalue weighted by molar-refractivity contribution is 6.20. The molecule has 0 saturated heterocycles. The van der Waals surface area contributed by atoms with Gasteiger partial charge in [-0.15, -0.1) is 0 Å². The largest absolute Gasteiger partial charge is 0.307 e. The van der Waals surface area contributed by atoms with E-state index in [9.17, 15) is 0 Å². The first-order chi connectivity index (χ1) is 22.4. The second kappa shape index (κ2) is 9.11. The summed E-state index contributed by atoms with van der Waals surface area (Å²) in [6.45, 7) is 0. The lowest BCUT2D eigenvalue weighted by Crippen LogP contribution is -2.01. The molecule has 0 bridgehead atoms. The summed E-state index contributed by atoms with van der Waals surface area (Å²) in [5.74, 6) is 0.608. The Morgan fingerprint density at radius 1 is 0.378 bits per heavy atom. The van der Waals surface area contributed by atoms with E-state index >= 15 is 0 Å². The van der Waals surface area contributed by atoms with Crippen LogP contribution in [-0.2, 0) is 0 Å². The number of hydrogen-bond acceptors (Lipinski definition) is 3. The van der Waals surface area contributed by atoms with E-state index in [-0.39, 0.29) is 0 Å². The van der Waals surface area contributed by atoms with E-state index in [1.807, 2.05) is 0 Å². The fourth-order valence-electron chi connectivity index (χ4n) is 7.28. The molecule has 6 aromatic carbocycles. The zero-order valence-electron chi connectivity index (χ0n) is 24.0. The van der Waals surface area contributed by atoms with Crippen LogP contribution in [0.2, 0.25) is 0 Å². The van der Waals surface area contributed by atoms with Crippen LogP contribution in [0.25, 0.3) is 82.7 Å². The average Bonchev–Trinajstić information content (AvgIpc) is 3.73. The number of aromatic nitrogens is 6. The van der Waals surface area contributed by atoms with Gasteiger partial charge >= 0.3 is 0 Å². The summed E-state index contributed by atoms with van der Waals surface area (Å²) in [6.07, 6.45) is 3.11. The highest BCUT2D eigenvalue weighted by atomic mass is 15.2. The third-order valence-electron chi connectivity index (χ3n) is 9.07. The van der Waals surface area contributed by atoms with Crippen molar-refractivity contribution >= 4 is 65.4 Å². The van der Waals surface area contributed by atoms with E-state index < -0.39 is 0 Å². The Bertz CT molecular complexity index is 2750. The van der Waals surface area contributed by atoms with Crippen LogP contribution in [0, 0.1) is 0 Å². The Morgan fingerprint density at radius 3 is 1.56 bits per heavy atom. The SMILES string of the molecule is c1ccc(-n2c3ccccc3c3cccc(-n4c5ccccc5c5cc6c(cc54)c4ccccc4n6-c4ncncn4)c32)cc1. The van der Waals surface area contributed by atoms with E-state index in [1.54, 1.807) is 12.7 Å². The summed E-state index contributed by atoms with van der Waals surface area (Å²) >= 11 is 0. The fraction of sp³-hybridized carbons (Fsp3) is 0. The molecule has 4 aromatic heterocycles. The van der Waals surface area contributed by atoms with E-state index in [0.29, 0.717) is 5.95 Å². The predicted octanol–water partition coefficient (Wildman–Crippen LogP) is 9.16. The minimum Gasteiger partial charge on any atom is -0.307 e. The molecule has 0 unspecified atom stereocenters. The van der Waals surface area contributed by atoms with E-state index in [2.05, 4.69) is 162 Å². The first-order valence-electron chi connectivity index (χ1n) is 15.0. The maximum Gasteiger partial charge on any atom is 0.237 e. The number of rotatable bonds is 3. The van der Waals surface area contributed by atoms with Crippen molar-refractivity contribution in [3.8, 4) is 17.3 Å². The molecule has 0 spiro atoms. The average molecular weight is 577 g/mol. The summed E-state index contributed by atoms with van der Waals surface area (Å²) < 4.78 is 7.00. The zero-order chi connectivity index (χ0) is 29.5. The van der Waals surface area contributed by atoms with Crippen LogP contribution >= 0.6 is 0 Å². The molecule has 6 heteroatoms. The molecule has 210 valence electrons. The van der Waals surface area contributed by atoms with Gasteiger partial charge in [0.05, 0.1) is 38.8 Å². The second-order valence-corrected chi connectivity index (χ2v) is 11.4. The van der Waals surface area contributed by atoms with Crippen LogP contribution in [0.3, 0.4) is 0 Å². The molecule has 0 saturated carbocycles. The van der Waals surface area contributed by atoms with Crippen LogP contribution in [0.4, 0.5) is 0 Å². The number of para-hydroxylation sites is 5. The van der Waals surface area contributed by atoms with Crippen molar-refractivity contribution in [3.63, 3.8) is 0 Å². The van der Waals surface area contributed by atoms with Crippen molar-refractivity contribution in [2.45, 2.75) is 0 Å². The molecule has 0 aliphatic heterocycles. The first kappa shape index (κ1) is 24.2. The van der Waals surface area contributed by atoms with Crippen LogP contribution in [0.1, 0.15) is 0 Å². The van der Waals surface area contributed by atoms with Crippen molar-refractivity contribution in [3.05, 3.63) is 146 Å². The molecule has 0 radical (unpaired) electrons. The second-order valence-electron chi connectivity index (χ2n) is 11.4. The summed E-state index contributed by atoms with van der Waals surface area (Å²) in [5, 5.41) is 7.14. The molecule has 0 atom stereocenters. The molecule has 6 nitrogen and oxygen atoms in total. The Morgan fingerprint density at radius 2 is 0.889 bits per heavy atom. The van der Waals surface area contributed by atoms with E-state index in [4.69, 9.17) is 0 Å². The molecule has 4 heterocycles. The summed E-state index contributed by atoms with van der Waals surface area (Å²) in [7, 11) is 0. The van der Waals surface area contributed by atoms with E-state index in [1.165, 1.54) is 32.6 Å². The fourth-order valence-corrected chi connectivity index (χ4v) is 7.28. The number of fused-ring (bicyclic) bond motifs is 9. The molecule has 10 rings (SSSR count). The van der Waals surface area contributed by atoms with Crippen LogP contribution in [-0.4, -0.2) is 28.7 Å². The van der Waals surface area contributed by atoms with Gasteiger partial charge in [0.1, 0.15) is 12.7 Å². The lowest BCUT2D eigenvalue weighted by Gasteiger charge is -2.14. The smallest absolute Gasteiger partial charge is 0.237 e. The standard InChI is InChI=1S/C39H24N6/c1-2-11-25(12-3-1)43-32-17-7-4-13-26(32)29-16-10-20-35(38(29)43)44-33-18-8-5-14-27(33)30-22-37-31(21-36(30)44)28-15-6-9-19-34(28)45(37)39-41-23-40-24-42-39/h1-24H. The minimum atomic E-state index is 0.608. The van der Waals surface area contributed by atoms with Crippen molar-refractivity contribution in [1.82, 2.24) is 28.7 Å². The van der Waals surface area contributed by atoms with Gasteiger partial charge in [0, 0.05) is 38.0 Å². The van der Waals surface area contributed by atoms with Crippen molar-refractivity contribution in [2.75, 3.05) is 0 Å². The number of nitrogens with zero attached hydrogens (tertiary/aromatic N) is 6. The maximum atomic E-state index is 4.54. The molecular formula is C39H24N6. The molecule has 0 aliphatic carbocycles. The van der Waals surface area contributed by atoms with Crippen LogP contribution in [0.15, 0.2) is 146 Å². The van der Waals surface area contributed by atoms with Crippen molar-refractivity contribution in [2.24, 2.45) is 0 Å². The lowest BCUT2D eigenvalue weighted by molar-refractivity contribution is 0.940. The monoisotopic (exact) mass is 576 g/mol. The summed E-state index contributed by atoms with van der Waals surface area (Å²) in [6, 6.07) is 47.9. The molecule has 0 aliphatic rings. The van der Waals surface area contributed by atoms with Gasteiger partial charge in [0.25, 0.3) is 0 Å². The zero-order valence-corrected chi connectivity index (χ0v) is 24.0. The molecule has 0 fully saturated rings.